The number of nitrogens with zero attached hydrogens (tertiary/aromatic N) is 3. The second kappa shape index (κ2) is 6.33. The van der Waals surface area contributed by atoms with Crippen molar-refractivity contribution in [2.45, 2.75) is 12.6 Å². The van der Waals surface area contributed by atoms with Crippen LogP contribution in [0.5, 0.6) is 0 Å². The Labute approximate surface area is 123 Å². The van der Waals surface area contributed by atoms with Gasteiger partial charge in [0.15, 0.2) is 0 Å². The molecule has 1 atom stereocenters. The summed E-state index contributed by atoms with van der Waals surface area (Å²) in [5, 5.41) is 16.0. The van der Waals surface area contributed by atoms with Crippen LogP contribution in [-0.2, 0) is 11.3 Å². The Balaban J connectivity index is 2.39. The van der Waals surface area contributed by atoms with Gasteiger partial charge < -0.3 is 21.1 Å². The number of amides is 1. The van der Waals surface area contributed by atoms with Crippen molar-refractivity contribution in [2.75, 3.05) is 31.1 Å². The fraction of sp³-hybridized carbons (Fsp3) is 0.545. The lowest BCUT2D eigenvalue weighted by atomic mass is 10.1. The molecule has 2 rings (SSSR count). The number of halogens is 1. The van der Waals surface area contributed by atoms with Crippen LogP contribution in [0.4, 0.5) is 5.69 Å². The van der Waals surface area contributed by atoms with E-state index in [1.807, 2.05) is 0 Å². The van der Waals surface area contributed by atoms with Gasteiger partial charge in [-0.25, -0.2) is 4.68 Å². The summed E-state index contributed by atoms with van der Waals surface area (Å²) in [6.07, 6.45) is 1.50. The molecule has 0 radical (unpaired) electrons. The number of hydrogen-bond donors (Lipinski definition) is 3. The molecule has 2 heterocycles. The summed E-state index contributed by atoms with van der Waals surface area (Å²) in [4.78, 5) is 25.3. The van der Waals surface area contributed by atoms with E-state index in [4.69, 9.17) is 10.8 Å². The fourth-order valence-electron chi connectivity index (χ4n) is 2.16. The van der Waals surface area contributed by atoms with Crippen molar-refractivity contribution in [1.29, 1.82) is 0 Å². The Kier molecular flexibility index (Phi) is 4.73. The molecule has 1 aliphatic rings. The van der Waals surface area contributed by atoms with Crippen molar-refractivity contribution in [3.05, 3.63) is 21.0 Å². The van der Waals surface area contributed by atoms with Crippen LogP contribution in [0.2, 0.25) is 0 Å². The zero-order chi connectivity index (χ0) is 14.7. The number of aromatic nitrogens is 2. The molecule has 1 fully saturated rings. The maximum Gasteiger partial charge on any atom is 0.283 e. The minimum atomic E-state index is -0.519. The third-order valence-electron chi connectivity index (χ3n) is 3.16. The fourth-order valence-corrected chi connectivity index (χ4v) is 2.69. The van der Waals surface area contributed by atoms with Gasteiger partial charge in [0.25, 0.3) is 5.56 Å². The summed E-state index contributed by atoms with van der Waals surface area (Å²) in [6.45, 7) is 1.63. The highest BCUT2D eigenvalue weighted by Gasteiger charge is 2.29. The van der Waals surface area contributed by atoms with E-state index in [1.165, 1.54) is 6.20 Å². The third kappa shape index (κ3) is 2.84. The quantitative estimate of drug-likeness (QED) is 0.597. The third-order valence-corrected chi connectivity index (χ3v) is 3.90. The minimum Gasteiger partial charge on any atom is -0.394 e. The van der Waals surface area contributed by atoms with Crippen LogP contribution >= 0.6 is 15.9 Å². The van der Waals surface area contributed by atoms with E-state index in [1.54, 1.807) is 4.90 Å². The number of aliphatic hydroxyl groups excluding tert-OH is 1. The van der Waals surface area contributed by atoms with Crippen LogP contribution in [0.3, 0.4) is 0 Å². The van der Waals surface area contributed by atoms with Gasteiger partial charge in [0, 0.05) is 19.6 Å². The monoisotopic (exact) mass is 345 g/mol. The highest BCUT2D eigenvalue weighted by Crippen LogP contribution is 2.24. The topological polar surface area (TPSA) is 113 Å². The van der Waals surface area contributed by atoms with Gasteiger partial charge in [-0.1, -0.05) is 0 Å². The molecule has 0 bridgehead atoms. The molecule has 1 amide bonds. The maximum absolute atomic E-state index is 12.1. The number of rotatable bonds is 4. The molecular formula is C11H16BrN5O3. The van der Waals surface area contributed by atoms with E-state index >= 15 is 0 Å². The first-order valence-corrected chi connectivity index (χ1v) is 6.98. The molecule has 110 valence electrons. The van der Waals surface area contributed by atoms with Crippen molar-refractivity contribution in [3.8, 4) is 0 Å². The first kappa shape index (κ1) is 14.9. The molecule has 1 saturated heterocycles. The number of piperazine rings is 1. The molecule has 1 aromatic heterocycles. The van der Waals surface area contributed by atoms with E-state index in [0.29, 0.717) is 29.8 Å². The first-order chi connectivity index (χ1) is 9.56. The molecule has 1 aliphatic heterocycles. The van der Waals surface area contributed by atoms with Crippen LogP contribution in [0, 0.1) is 0 Å². The van der Waals surface area contributed by atoms with Crippen molar-refractivity contribution in [2.24, 2.45) is 5.73 Å². The van der Waals surface area contributed by atoms with Gasteiger partial charge in [-0.05, 0) is 15.9 Å². The van der Waals surface area contributed by atoms with Crippen LogP contribution in [0.25, 0.3) is 0 Å². The molecule has 0 aliphatic carbocycles. The summed E-state index contributed by atoms with van der Waals surface area (Å²) in [5.41, 5.74) is 5.58. The number of nitrogens with two attached hydrogens (primary N) is 1. The SMILES string of the molecule is NC(=O)C1CNCCN1c1cnn(CCO)c(=O)c1Br. The predicted molar refractivity (Wildman–Crippen MR) is 76.5 cm³/mol. The molecule has 8 nitrogen and oxygen atoms in total. The van der Waals surface area contributed by atoms with Crippen molar-refractivity contribution in [1.82, 2.24) is 15.1 Å². The highest BCUT2D eigenvalue weighted by atomic mass is 79.9. The number of anilines is 1. The molecular weight excluding hydrogens is 330 g/mol. The maximum atomic E-state index is 12.1. The number of carbonyl (C=O) groups is 1. The molecule has 0 aromatic carbocycles. The number of carbonyl (C=O) groups excluding carboxylic acids is 1. The highest BCUT2D eigenvalue weighted by molar-refractivity contribution is 9.10. The molecule has 1 unspecified atom stereocenters. The average molecular weight is 346 g/mol. The van der Waals surface area contributed by atoms with Gasteiger partial charge in [0.1, 0.15) is 10.5 Å². The lowest BCUT2D eigenvalue weighted by molar-refractivity contribution is -0.119. The van der Waals surface area contributed by atoms with Gasteiger partial charge in [0.05, 0.1) is 25.0 Å². The van der Waals surface area contributed by atoms with E-state index < -0.39 is 11.9 Å². The molecule has 4 N–H and O–H groups in total. The van der Waals surface area contributed by atoms with Crippen molar-refractivity contribution < 1.29 is 9.90 Å². The van der Waals surface area contributed by atoms with E-state index in [9.17, 15) is 9.59 Å². The summed E-state index contributed by atoms with van der Waals surface area (Å²) in [6, 6.07) is -0.519. The number of aliphatic hydroxyl groups is 1. The molecule has 9 heteroatoms. The predicted octanol–water partition coefficient (Wildman–Crippen LogP) is -1.74. The average Bonchev–Trinajstić information content (AvgIpc) is 2.44. The number of hydrogen-bond acceptors (Lipinski definition) is 6. The van der Waals surface area contributed by atoms with Crippen LogP contribution in [-0.4, -0.2) is 53.1 Å². The van der Waals surface area contributed by atoms with E-state index in [-0.39, 0.29) is 18.7 Å². The second-order valence-electron chi connectivity index (χ2n) is 4.41. The van der Waals surface area contributed by atoms with Gasteiger partial charge in [-0.2, -0.15) is 5.10 Å². The zero-order valence-electron chi connectivity index (χ0n) is 10.8. The lowest BCUT2D eigenvalue weighted by Crippen LogP contribution is -2.57. The summed E-state index contributed by atoms with van der Waals surface area (Å²) >= 11 is 3.24. The lowest BCUT2D eigenvalue weighted by Gasteiger charge is -2.36. The Morgan fingerprint density at radius 3 is 3.05 bits per heavy atom. The van der Waals surface area contributed by atoms with Gasteiger partial charge >= 0.3 is 0 Å². The van der Waals surface area contributed by atoms with E-state index in [0.717, 1.165) is 4.68 Å². The molecule has 1 aromatic rings. The Morgan fingerprint density at radius 1 is 1.65 bits per heavy atom. The van der Waals surface area contributed by atoms with Crippen molar-refractivity contribution in [3.63, 3.8) is 0 Å². The Hall–Kier alpha value is -1.45. The van der Waals surface area contributed by atoms with Gasteiger partial charge in [-0.15, -0.1) is 0 Å². The normalized spacial score (nSPS) is 19.1. The standard InChI is InChI=1S/C11H16BrN5O3/c12-9-7(6-15-17(3-4-18)11(9)20)16-2-1-14-5-8(16)10(13)19/h6,8,14,18H,1-5H2,(H2,13,19). The molecule has 0 saturated carbocycles. The number of nitrogens with one attached hydrogen (secondary N) is 1. The van der Waals surface area contributed by atoms with Crippen molar-refractivity contribution >= 4 is 27.5 Å². The Morgan fingerprint density at radius 2 is 2.40 bits per heavy atom. The summed E-state index contributed by atoms with van der Waals surface area (Å²) in [5.74, 6) is -0.455. The molecule has 20 heavy (non-hydrogen) atoms. The van der Waals surface area contributed by atoms with E-state index in [2.05, 4.69) is 26.3 Å². The zero-order valence-corrected chi connectivity index (χ0v) is 12.3. The first-order valence-electron chi connectivity index (χ1n) is 6.19. The minimum absolute atomic E-state index is 0.124. The summed E-state index contributed by atoms with van der Waals surface area (Å²) in [7, 11) is 0. The van der Waals surface area contributed by atoms with Crippen LogP contribution in [0.1, 0.15) is 0 Å². The Bertz CT molecular complexity index is 561. The van der Waals surface area contributed by atoms with Crippen LogP contribution in [0.15, 0.2) is 15.5 Å². The summed E-state index contributed by atoms with van der Waals surface area (Å²) < 4.78 is 1.48. The molecule has 0 spiro atoms. The smallest absolute Gasteiger partial charge is 0.283 e. The van der Waals surface area contributed by atoms with Crippen LogP contribution < -0.4 is 21.5 Å². The van der Waals surface area contributed by atoms with Gasteiger partial charge in [0.2, 0.25) is 5.91 Å². The van der Waals surface area contributed by atoms with Gasteiger partial charge in [-0.3, -0.25) is 9.59 Å². The second-order valence-corrected chi connectivity index (χ2v) is 5.20. The number of primary amides is 1. The largest absolute Gasteiger partial charge is 0.394 e.